The van der Waals surface area contributed by atoms with Gasteiger partial charge in [0, 0.05) is 23.1 Å². The van der Waals surface area contributed by atoms with E-state index in [1.807, 2.05) is 38.1 Å². The number of hydrogen-bond acceptors (Lipinski definition) is 4. The van der Waals surface area contributed by atoms with Crippen LogP contribution in [0.1, 0.15) is 11.1 Å². The van der Waals surface area contributed by atoms with E-state index in [-0.39, 0.29) is 12.5 Å². The van der Waals surface area contributed by atoms with Gasteiger partial charge in [0.1, 0.15) is 5.75 Å². The number of amides is 1. The molecule has 0 radical (unpaired) electrons. The van der Waals surface area contributed by atoms with Gasteiger partial charge >= 0.3 is 0 Å². The Kier molecular flexibility index (Phi) is 6.47. The molecule has 1 aliphatic rings. The molecule has 0 aliphatic carbocycles. The average molecular weight is 409 g/mol. The van der Waals surface area contributed by atoms with Crippen LogP contribution in [-0.4, -0.2) is 38.8 Å². The highest BCUT2D eigenvalue weighted by Gasteiger charge is 2.17. The molecule has 0 saturated carbocycles. The molecular weight excluding hydrogens is 387 g/mol. The summed E-state index contributed by atoms with van der Waals surface area (Å²) in [5.74, 6) is 0.362. The maximum atomic E-state index is 12.4. The first-order valence-corrected chi connectivity index (χ1v) is 9.51. The number of carbonyl (C=O) groups excluding carboxylic acids is 1. The van der Waals surface area contributed by atoms with Crippen LogP contribution in [-0.2, 0) is 9.53 Å². The van der Waals surface area contributed by atoms with Crippen molar-refractivity contribution in [2.24, 2.45) is 0 Å². The second-order valence-electron chi connectivity index (χ2n) is 6.47. The number of aryl methyl sites for hydroxylation is 2. The third-order valence-electron chi connectivity index (χ3n) is 4.36. The van der Waals surface area contributed by atoms with E-state index >= 15 is 0 Å². The van der Waals surface area contributed by atoms with Gasteiger partial charge in [-0.1, -0.05) is 23.2 Å². The first kappa shape index (κ1) is 19.8. The standard InChI is InChI=1S/C20H22Cl2N2O3/c1-13-9-16(10-14(2)20(13)22)27-12-19(25)23-17-11-15(21)3-4-18(17)24-5-7-26-8-6-24/h3-4,9-11H,5-8,12H2,1-2H3,(H,23,25). The highest BCUT2D eigenvalue weighted by atomic mass is 35.5. The van der Waals surface area contributed by atoms with E-state index in [4.69, 9.17) is 32.7 Å². The number of nitrogens with zero attached hydrogens (tertiary/aromatic N) is 1. The molecular formula is C20H22Cl2N2O3. The molecule has 0 bridgehead atoms. The maximum absolute atomic E-state index is 12.4. The van der Waals surface area contributed by atoms with Gasteiger partial charge in [-0.2, -0.15) is 0 Å². The highest BCUT2D eigenvalue weighted by molar-refractivity contribution is 6.32. The van der Waals surface area contributed by atoms with Crippen molar-refractivity contribution >= 4 is 40.5 Å². The summed E-state index contributed by atoms with van der Waals surface area (Å²) in [6.07, 6.45) is 0. The largest absolute Gasteiger partial charge is 0.484 e. The number of halogens is 2. The second kappa shape index (κ2) is 8.83. The van der Waals surface area contributed by atoms with Gasteiger partial charge in [0.05, 0.1) is 24.6 Å². The number of benzene rings is 2. The van der Waals surface area contributed by atoms with Crippen molar-refractivity contribution in [2.75, 3.05) is 43.1 Å². The molecule has 0 spiro atoms. The normalized spacial score (nSPS) is 14.1. The topological polar surface area (TPSA) is 50.8 Å². The Balaban J connectivity index is 1.68. The Bertz CT molecular complexity index is 813. The van der Waals surface area contributed by atoms with Crippen LogP contribution in [0.2, 0.25) is 10.0 Å². The molecule has 1 saturated heterocycles. The highest BCUT2D eigenvalue weighted by Crippen LogP contribution is 2.30. The lowest BCUT2D eigenvalue weighted by Crippen LogP contribution is -2.37. The summed E-state index contributed by atoms with van der Waals surface area (Å²) in [6, 6.07) is 9.12. The van der Waals surface area contributed by atoms with Gasteiger partial charge in [-0.25, -0.2) is 0 Å². The van der Waals surface area contributed by atoms with E-state index in [9.17, 15) is 4.79 Å². The zero-order valence-corrected chi connectivity index (χ0v) is 16.9. The first-order valence-electron chi connectivity index (χ1n) is 8.75. The Morgan fingerprint density at radius 3 is 2.48 bits per heavy atom. The lowest BCUT2D eigenvalue weighted by Gasteiger charge is -2.30. The van der Waals surface area contributed by atoms with Crippen LogP contribution in [0.25, 0.3) is 0 Å². The molecule has 1 amide bonds. The molecule has 1 fully saturated rings. The zero-order chi connectivity index (χ0) is 19.4. The van der Waals surface area contributed by atoms with Crippen molar-refractivity contribution in [2.45, 2.75) is 13.8 Å². The number of hydrogen-bond donors (Lipinski definition) is 1. The number of ether oxygens (including phenoxy) is 2. The second-order valence-corrected chi connectivity index (χ2v) is 7.28. The summed E-state index contributed by atoms with van der Waals surface area (Å²) in [6.45, 7) is 6.57. The summed E-state index contributed by atoms with van der Waals surface area (Å²) in [5, 5.41) is 4.17. The summed E-state index contributed by atoms with van der Waals surface area (Å²) in [5.41, 5.74) is 3.42. The van der Waals surface area contributed by atoms with Crippen molar-refractivity contribution in [1.82, 2.24) is 0 Å². The fraction of sp³-hybridized carbons (Fsp3) is 0.350. The van der Waals surface area contributed by atoms with Gasteiger partial charge in [-0.3, -0.25) is 4.79 Å². The van der Waals surface area contributed by atoms with E-state index in [1.165, 1.54) is 0 Å². The minimum Gasteiger partial charge on any atom is -0.484 e. The molecule has 27 heavy (non-hydrogen) atoms. The molecule has 2 aromatic rings. The van der Waals surface area contributed by atoms with Crippen LogP contribution in [0.5, 0.6) is 5.75 Å². The fourth-order valence-electron chi connectivity index (χ4n) is 3.01. The van der Waals surface area contributed by atoms with Crippen LogP contribution in [0.4, 0.5) is 11.4 Å². The van der Waals surface area contributed by atoms with Gasteiger partial charge in [-0.15, -0.1) is 0 Å². The van der Waals surface area contributed by atoms with E-state index < -0.39 is 0 Å². The van der Waals surface area contributed by atoms with E-state index in [1.54, 1.807) is 6.07 Å². The quantitative estimate of drug-likeness (QED) is 0.792. The number of anilines is 2. The predicted molar refractivity (Wildman–Crippen MR) is 110 cm³/mol. The Hall–Kier alpha value is -1.95. The maximum Gasteiger partial charge on any atom is 0.262 e. The minimum atomic E-state index is -0.253. The molecule has 1 heterocycles. The van der Waals surface area contributed by atoms with E-state index in [2.05, 4.69) is 10.2 Å². The van der Waals surface area contributed by atoms with E-state index in [0.29, 0.717) is 34.7 Å². The third-order valence-corrected chi connectivity index (χ3v) is 5.20. The molecule has 2 aromatic carbocycles. The lowest BCUT2D eigenvalue weighted by atomic mass is 10.1. The molecule has 5 nitrogen and oxygen atoms in total. The zero-order valence-electron chi connectivity index (χ0n) is 15.4. The molecule has 3 rings (SSSR count). The Morgan fingerprint density at radius 1 is 1.15 bits per heavy atom. The number of morpholine rings is 1. The lowest BCUT2D eigenvalue weighted by molar-refractivity contribution is -0.118. The fourth-order valence-corrected chi connectivity index (χ4v) is 3.29. The van der Waals surface area contributed by atoms with Crippen molar-refractivity contribution in [3.8, 4) is 5.75 Å². The van der Waals surface area contributed by atoms with Crippen molar-refractivity contribution < 1.29 is 14.3 Å². The predicted octanol–water partition coefficient (Wildman–Crippen LogP) is 4.46. The van der Waals surface area contributed by atoms with Crippen LogP contribution < -0.4 is 15.0 Å². The molecule has 0 aromatic heterocycles. The van der Waals surface area contributed by atoms with Gasteiger partial charge in [-0.05, 0) is 55.3 Å². The van der Waals surface area contributed by atoms with Crippen molar-refractivity contribution in [3.05, 3.63) is 51.5 Å². The summed E-state index contributed by atoms with van der Waals surface area (Å²) >= 11 is 12.3. The Labute approximate surface area is 169 Å². The van der Waals surface area contributed by atoms with Crippen molar-refractivity contribution in [1.29, 1.82) is 0 Å². The monoisotopic (exact) mass is 408 g/mol. The summed E-state index contributed by atoms with van der Waals surface area (Å²) < 4.78 is 11.0. The van der Waals surface area contributed by atoms with Crippen molar-refractivity contribution in [3.63, 3.8) is 0 Å². The molecule has 144 valence electrons. The van der Waals surface area contributed by atoms with Crippen LogP contribution >= 0.6 is 23.2 Å². The van der Waals surface area contributed by atoms with Gasteiger partial charge in [0.15, 0.2) is 6.61 Å². The van der Waals surface area contributed by atoms with E-state index in [0.717, 1.165) is 29.9 Å². The molecule has 0 atom stereocenters. The van der Waals surface area contributed by atoms with Gasteiger partial charge in [0.25, 0.3) is 5.91 Å². The SMILES string of the molecule is Cc1cc(OCC(=O)Nc2cc(Cl)ccc2N2CCOCC2)cc(C)c1Cl. The van der Waals surface area contributed by atoms with Gasteiger partial charge in [0.2, 0.25) is 0 Å². The number of carbonyl (C=O) groups is 1. The molecule has 1 aliphatic heterocycles. The molecule has 1 N–H and O–H groups in total. The minimum absolute atomic E-state index is 0.102. The summed E-state index contributed by atoms with van der Waals surface area (Å²) in [4.78, 5) is 14.6. The first-order chi connectivity index (χ1) is 12.9. The average Bonchev–Trinajstić information content (AvgIpc) is 2.65. The van der Waals surface area contributed by atoms with Crippen LogP contribution in [0, 0.1) is 13.8 Å². The molecule has 7 heteroatoms. The number of nitrogens with one attached hydrogen (secondary N) is 1. The molecule has 0 unspecified atom stereocenters. The van der Waals surface area contributed by atoms with Crippen LogP contribution in [0.3, 0.4) is 0 Å². The third kappa shape index (κ3) is 5.06. The van der Waals surface area contributed by atoms with Gasteiger partial charge < -0.3 is 19.7 Å². The smallest absolute Gasteiger partial charge is 0.262 e. The van der Waals surface area contributed by atoms with Crippen LogP contribution in [0.15, 0.2) is 30.3 Å². The number of rotatable bonds is 5. The summed E-state index contributed by atoms with van der Waals surface area (Å²) in [7, 11) is 0. The Morgan fingerprint density at radius 2 is 1.81 bits per heavy atom.